The third kappa shape index (κ3) is 2.43. The van der Waals surface area contributed by atoms with Crippen molar-refractivity contribution in [2.45, 2.75) is 18.4 Å². The van der Waals surface area contributed by atoms with Crippen molar-refractivity contribution in [2.24, 2.45) is 5.92 Å². The summed E-state index contributed by atoms with van der Waals surface area (Å²) in [6, 6.07) is 4.90. The van der Waals surface area contributed by atoms with Gasteiger partial charge in [0.1, 0.15) is 17.5 Å². The summed E-state index contributed by atoms with van der Waals surface area (Å²) in [5.74, 6) is -0.500. The highest BCUT2D eigenvalue weighted by Crippen LogP contribution is 2.57. The highest BCUT2D eigenvalue weighted by atomic mass is 35.5. The maximum absolute atomic E-state index is 13.9. The van der Waals surface area contributed by atoms with Crippen LogP contribution in [-0.2, 0) is 6.42 Å². The predicted molar refractivity (Wildman–Crippen MR) is 81.5 cm³/mol. The molecule has 4 nitrogen and oxygen atoms in total. The van der Waals surface area contributed by atoms with E-state index in [4.69, 9.17) is 11.6 Å². The number of hydrogen-bond acceptors (Lipinski definition) is 2. The smallest absolute Gasteiger partial charge is 0.320 e. The number of anilines is 1. The van der Waals surface area contributed by atoms with Gasteiger partial charge in [-0.05, 0) is 47.7 Å². The number of nitrogens with zero attached hydrogens (tertiary/aromatic N) is 1. The first-order chi connectivity index (χ1) is 11.0. The Kier molecular flexibility index (Phi) is 3.23. The summed E-state index contributed by atoms with van der Waals surface area (Å²) in [4.78, 5) is 15.9. The number of rotatable bonds is 2. The Bertz CT molecular complexity index is 797. The minimum absolute atomic E-state index is 0.0559. The van der Waals surface area contributed by atoms with E-state index < -0.39 is 11.8 Å². The summed E-state index contributed by atoms with van der Waals surface area (Å²) in [6.45, 7) is 0. The van der Waals surface area contributed by atoms with Crippen molar-refractivity contribution in [1.29, 1.82) is 0 Å². The molecule has 7 heteroatoms. The Morgan fingerprint density at radius 1 is 1.22 bits per heavy atom. The van der Waals surface area contributed by atoms with E-state index in [9.17, 15) is 13.6 Å². The maximum Gasteiger partial charge on any atom is 0.320 e. The molecule has 2 aromatic rings. The summed E-state index contributed by atoms with van der Waals surface area (Å²) in [7, 11) is 0. The zero-order valence-corrected chi connectivity index (χ0v) is 12.6. The molecule has 1 heterocycles. The maximum atomic E-state index is 13.9. The zero-order chi connectivity index (χ0) is 16.1. The van der Waals surface area contributed by atoms with E-state index in [1.165, 1.54) is 6.20 Å². The van der Waals surface area contributed by atoms with Crippen molar-refractivity contribution in [1.82, 2.24) is 10.3 Å². The predicted octanol–water partition coefficient (Wildman–Crippen LogP) is 3.47. The van der Waals surface area contributed by atoms with E-state index in [0.717, 1.165) is 12.1 Å². The molecular weight excluding hydrogens is 324 g/mol. The Morgan fingerprint density at radius 3 is 2.74 bits per heavy atom. The highest BCUT2D eigenvalue weighted by molar-refractivity contribution is 6.30. The van der Waals surface area contributed by atoms with Gasteiger partial charge >= 0.3 is 6.03 Å². The zero-order valence-electron chi connectivity index (χ0n) is 11.8. The van der Waals surface area contributed by atoms with Gasteiger partial charge in [-0.15, -0.1) is 0 Å². The van der Waals surface area contributed by atoms with Crippen LogP contribution >= 0.6 is 11.6 Å². The van der Waals surface area contributed by atoms with E-state index >= 15 is 0 Å². The van der Waals surface area contributed by atoms with E-state index in [1.807, 2.05) is 0 Å². The summed E-state index contributed by atoms with van der Waals surface area (Å²) in [5, 5.41) is 5.86. The molecule has 2 aliphatic rings. The van der Waals surface area contributed by atoms with Crippen LogP contribution in [0.3, 0.4) is 0 Å². The standard InChI is InChI=1S/C16H12ClF2N3O/c17-7-1-4-12(20-6-7)21-16(23)22-15-9-5-8-10(18)2-3-11(19)13(8)14(9)15/h1-4,6,9,14-15H,5H2,(H2,20,21,22,23)/t9-,14-,15?/m0/s1. The number of pyridine rings is 1. The fraction of sp³-hybridized carbons (Fsp3) is 0.250. The third-order valence-electron chi connectivity index (χ3n) is 4.46. The van der Waals surface area contributed by atoms with Crippen LogP contribution in [0.4, 0.5) is 19.4 Å². The fourth-order valence-electron chi connectivity index (χ4n) is 3.38. The van der Waals surface area contributed by atoms with Gasteiger partial charge in [-0.3, -0.25) is 5.32 Å². The Hall–Kier alpha value is -2.21. The number of carbonyl (C=O) groups excluding carboxylic acids is 1. The van der Waals surface area contributed by atoms with Gasteiger partial charge in [0, 0.05) is 18.2 Å². The number of halogens is 3. The molecule has 3 atom stereocenters. The molecule has 2 N–H and O–H groups in total. The number of urea groups is 1. The van der Waals surface area contributed by atoms with Crippen LogP contribution in [0.1, 0.15) is 17.0 Å². The first-order valence-corrected chi connectivity index (χ1v) is 7.58. The fourth-order valence-corrected chi connectivity index (χ4v) is 3.50. The van der Waals surface area contributed by atoms with Gasteiger partial charge < -0.3 is 5.32 Å². The summed E-state index contributed by atoms with van der Waals surface area (Å²) < 4.78 is 27.6. The second-order valence-corrected chi connectivity index (χ2v) is 6.24. The molecule has 0 radical (unpaired) electrons. The molecule has 118 valence electrons. The van der Waals surface area contributed by atoms with Crippen molar-refractivity contribution in [3.05, 3.63) is 58.2 Å². The number of benzene rings is 1. The van der Waals surface area contributed by atoms with E-state index in [-0.39, 0.29) is 23.7 Å². The lowest BCUT2D eigenvalue weighted by atomic mass is 10.0. The van der Waals surface area contributed by atoms with Gasteiger partial charge in [0.25, 0.3) is 0 Å². The minimum atomic E-state index is -0.419. The Morgan fingerprint density at radius 2 is 2.00 bits per heavy atom. The highest BCUT2D eigenvalue weighted by Gasteiger charge is 2.58. The number of aromatic nitrogens is 1. The molecule has 1 aromatic heterocycles. The number of fused-ring (bicyclic) bond motifs is 3. The van der Waals surface area contributed by atoms with Gasteiger partial charge in [-0.1, -0.05) is 11.6 Å². The molecule has 23 heavy (non-hydrogen) atoms. The van der Waals surface area contributed by atoms with Crippen LogP contribution in [0.2, 0.25) is 5.02 Å². The largest absolute Gasteiger partial charge is 0.334 e. The van der Waals surface area contributed by atoms with Crippen molar-refractivity contribution in [3.8, 4) is 0 Å². The molecule has 0 spiro atoms. The number of carbonyl (C=O) groups is 1. The van der Waals surface area contributed by atoms with Gasteiger partial charge in [0.15, 0.2) is 0 Å². The third-order valence-corrected chi connectivity index (χ3v) is 4.68. The molecule has 4 rings (SSSR count). The molecule has 0 aliphatic heterocycles. The summed E-state index contributed by atoms with van der Waals surface area (Å²) in [6.07, 6.45) is 1.88. The topological polar surface area (TPSA) is 54.0 Å². The first kappa shape index (κ1) is 14.4. The van der Waals surface area contributed by atoms with E-state index in [1.54, 1.807) is 12.1 Å². The number of amides is 2. The van der Waals surface area contributed by atoms with Crippen LogP contribution < -0.4 is 10.6 Å². The SMILES string of the molecule is O=C(Nc1ccc(Cl)cn1)NC1[C@H]2Cc3c(F)ccc(F)c3[C@@H]12. The summed E-state index contributed by atoms with van der Waals surface area (Å²) in [5.41, 5.74) is 0.850. The Balaban J connectivity index is 1.43. The van der Waals surface area contributed by atoms with Crippen LogP contribution in [0.25, 0.3) is 0 Å². The first-order valence-electron chi connectivity index (χ1n) is 7.20. The molecule has 0 bridgehead atoms. The van der Waals surface area contributed by atoms with Gasteiger partial charge in [-0.2, -0.15) is 0 Å². The van der Waals surface area contributed by atoms with Crippen molar-refractivity contribution in [3.63, 3.8) is 0 Å². The quantitative estimate of drug-likeness (QED) is 0.883. The monoisotopic (exact) mass is 335 g/mol. The minimum Gasteiger partial charge on any atom is -0.334 e. The molecule has 1 aromatic carbocycles. The van der Waals surface area contributed by atoms with Crippen molar-refractivity contribution < 1.29 is 13.6 Å². The van der Waals surface area contributed by atoms with Gasteiger partial charge in [0.05, 0.1) is 5.02 Å². The van der Waals surface area contributed by atoms with Gasteiger partial charge in [-0.25, -0.2) is 18.6 Å². The normalized spacial score (nSPS) is 23.9. The number of nitrogens with one attached hydrogen (secondary N) is 2. The lowest BCUT2D eigenvalue weighted by Gasteiger charge is -2.11. The van der Waals surface area contributed by atoms with E-state index in [0.29, 0.717) is 28.4 Å². The van der Waals surface area contributed by atoms with Crippen LogP contribution in [-0.4, -0.2) is 17.1 Å². The number of hydrogen-bond donors (Lipinski definition) is 2. The second kappa shape index (κ2) is 5.16. The van der Waals surface area contributed by atoms with Crippen molar-refractivity contribution in [2.75, 3.05) is 5.32 Å². The lowest BCUT2D eigenvalue weighted by molar-refractivity contribution is 0.251. The average molecular weight is 336 g/mol. The second-order valence-electron chi connectivity index (χ2n) is 5.80. The van der Waals surface area contributed by atoms with E-state index in [2.05, 4.69) is 15.6 Å². The molecular formula is C16H12ClF2N3O. The molecule has 1 fully saturated rings. The average Bonchev–Trinajstić information content (AvgIpc) is 3.00. The van der Waals surface area contributed by atoms with Crippen LogP contribution in [0.5, 0.6) is 0 Å². The lowest BCUT2D eigenvalue weighted by Crippen LogP contribution is -2.33. The summed E-state index contributed by atoms with van der Waals surface area (Å²) >= 11 is 5.73. The van der Waals surface area contributed by atoms with Crippen LogP contribution in [0.15, 0.2) is 30.5 Å². The van der Waals surface area contributed by atoms with Gasteiger partial charge in [0.2, 0.25) is 0 Å². The Labute approximate surface area is 135 Å². The molecule has 1 unspecified atom stereocenters. The molecule has 0 saturated heterocycles. The van der Waals surface area contributed by atoms with Crippen molar-refractivity contribution >= 4 is 23.4 Å². The molecule has 2 amide bonds. The molecule has 1 saturated carbocycles. The molecule has 2 aliphatic carbocycles. The van der Waals surface area contributed by atoms with Crippen LogP contribution in [0, 0.1) is 17.6 Å².